The lowest BCUT2D eigenvalue weighted by atomic mass is 10.2. The molecule has 0 saturated carbocycles. The van der Waals surface area contributed by atoms with Gasteiger partial charge in [-0.3, -0.25) is 4.79 Å². The van der Waals surface area contributed by atoms with Gasteiger partial charge in [0, 0.05) is 31.7 Å². The van der Waals surface area contributed by atoms with Crippen molar-refractivity contribution in [2.45, 2.75) is 18.4 Å². The summed E-state index contributed by atoms with van der Waals surface area (Å²) in [5.41, 5.74) is 0.992. The van der Waals surface area contributed by atoms with Gasteiger partial charge in [-0.05, 0) is 43.3 Å². The highest BCUT2D eigenvalue weighted by Crippen LogP contribution is 2.27. The van der Waals surface area contributed by atoms with Crippen LogP contribution in [0, 0.1) is 12.3 Å². The van der Waals surface area contributed by atoms with Crippen molar-refractivity contribution in [2.24, 2.45) is 4.99 Å². The number of terminal acetylenes is 1. The first-order chi connectivity index (χ1) is 17.8. The predicted molar refractivity (Wildman–Crippen MR) is 139 cm³/mol. The van der Waals surface area contributed by atoms with E-state index in [1.807, 2.05) is 18.2 Å². The lowest BCUT2D eigenvalue weighted by Crippen LogP contribution is -2.50. The van der Waals surface area contributed by atoms with Gasteiger partial charge in [-0.2, -0.15) is 9.30 Å². The smallest absolute Gasteiger partial charge is 0.409 e. The number of thiazole rings is 1. The van der Waals surface area contributed by atoms with Crippen LogP contribution in [0.1, 0.15) is 17.3 Å². The molecule has 1 aromatic heterocycles. The van der Waals surface area contributed by atoms with Crippen molar-refractivity contribution in [1.29, 1.82) is 0 Å². The van der Waals surface area contributed by atoms with E-state index in [0.717, 1.165) is 10.2 Å². The largest absolute Gasteiger partial charge is 0.495 e. The molecule has 194 valence electrons. The number of aromatic nitrogens is 1. The van der Waals surface area contributed by atoms with Gasteiger partial charge >= 0.3 is 6.09 Å². The monoisotopic (exact) mass is 542 g/mol. The fourth-order valence-electron chi connectivity index (χ4n) is 3.98. The molecule has 12 heteroatoms. The Labute approximate surface area is 218 Å². The molecule has 1 saturated heterocycles. The Balaban J connectivity index is 1.55. The first kappa shape index (κ1) is 26.4. The van der Waals surface area contributed by atoms with Gasteiger partial charge in [0.25, 0.3) is 5.91 Å². The maximum absolute atomic E-state index is 13.1. The summed E-state index contributed by atoms with van der Waals surface area (Å²) in [6.45, 7) is 2.97. The average molecular weight is 543 g/mol. The van der Waals surface area contributed by atoms with Crippen LogP contribution in [0.4, 0.5) is 4.79 Å². The number of fused-ring (bicyclic) bond motifs is 1. The number of carbonyl (C=O) groups is 2. The van der Waals surface area contributed by atoms with Crippen LogP contribution in [0.15, 0.2) is 52.4 Å². The molecule has 1 aliphatic heterocycles. The molecule has 0 aliphatic carbocycles. The summed E-state index contributed by atoms with van der Waals surface area (Å²) in [4.78, 5) is 31.0. The number of ether oxygens (including phenoxy) is 2. The molecule has 4 rings (SSSR count). The first-order valence-electron chi connectivity index (χ1n) is 11.5. The van der Waals surface area contributed by atoms with Gasteiger partial charge in [0.1, 0.15) is 11.3 Å². The molecular formula is C25H26N4O6S2. The summed E-state index contributed by atoms with van der Waals surface area (Å²) in [6.07, 6.45) is 5.10. The Hall–Kier alpha value is -3.66. The molecule has 1 fully saturated rings. The molecule has 0 atom stereocenters. The summed E-state index contributed by atoms with van der Waals surface area (Å²) in [7, 11) is -2.23. The van der Waals surface area contributed by atoms with E-state index in [2.05, 4.69) is 10.9 Å². The van der Waals surface area contributed by atoms with Crippen LogP contribution in [0.3, 0.4) is 0 Å². The lowest BCUT2D eigenvalue weighted by Gasteiger charge is -2.33. The number of carbonyl (C=O) groups excluding carboxylic acids is 2. The Kier molecular flexibility index (Phi) is 7.97. The SMILES string of the molecule is C#CCn1c(=NC(=O)c2ccc(S(=O)(=O)N3CCN(C(=O)OCC)CC3)cc2)sc2cccc(OC)c21. The second-order valence-electron chi connectivity index (χ2n) is 8.01. The first-order valence-corrected chi connectivity index (χ1v) is 13.8. The van der Waals surface area contributed by atoms with E-state index >= 15 is 0 Å². The van der Waals surface area contributed by atoms with Crippen molar-refractivity contribution >= 4 is 43.6 Å². The van der Waals surface area contributed by atoms with Crippen LogP contribution in [0.2, 0.25) is 0 Å². The number of nitrogens with zero attached hydrogens (tertiary/aromatic N) is 4. The zero-order valence-electron chi connectivity index (χ0n) is 20.4. The normalized spacial score (nSPS) is 14.9. The van der Waals surface area contributed by atoms with Crippen LogP contribution in [0.25, 0.3) is 10.2 Å². The second kappa shape index (κ2) is 11.2. The molecule has 10 nitrogen and oxygen atoms in total. The van der Waals surface area contributed by atoms with Crippen LogP contribution in [-0.4, -0.2) is 74.1 Å². The van der Waals surface area contributed by atoms with E-state index in [1.165, 1.54) is 44.8 Å². The standard InChI is InChI=1S/C25H26N4O6S2/c1-4-13-29-22-20(34-3)7-6-8-21(22)36-24(29)26-23(30)18-9-11-19(12-10-18)37(32,33)28-16-14-27(15-17-28)25(31)35-5-2/h1,6-12H,5,13-17H2,2-3H3. The van der Waals surface area contributed by atoms with E-state index in [0.29, 0.717) is 10.6 Å². The number of rotatable bonds is 6. The molecule has 37 heavy (non-hydrogen) atoms. The third kappa shape index (κ3) is 5.39. The van der Waals surface area contributed by atoms with Crippen LogP contribution < -0.4 is 9.54 Å². The molecule has 2 heterocycles. The third-order valence-corrected chi connectivity index (χ3v) is 8.79. The molecule has 2 aromatic carbocycles. The van der Waals surface area contributed by atoms with E-state index in [9.17, 15) is 18.0 Å². The van der Waals surface area contributed by atoms with Crippen molar-refractivity contribution in [2.75, 3.05) is 39.9 Å². The zero-order chi connectivity index (χ0) is 26.6. The molecule has 0 radical (unpaired) electrons. The number of hydrogen-bond acceptors (Lipinski definition) is 7. The van der Waals surface area contributed by atoms with Gasteiger partial charge in [-0.25, -0.2) is 13.2 Å². The van der Waals surface area contributed by atoms with Gasteiger partial charge < -0.3 is 18.9 Å². The fourth-order valence-corrected chi connectivity index (χ4v) is 6.45. The third-order valence-electron chi connectivity index (χ3n) is 5.83. The summed E-state index contributed by atoms with van der Waals surface area (Å²) >= 11 is 1.31. The minimum atomic E-state index is -3.79. The highest BCUT2D eigenvalue weighted by Gasteiger charge is 2.30. The number of para-hydroxylation sites is 1. The second-order valence-corrected chi connectivity index (χ2v) is 11.0. The lowest BCUT2D eigenvalue weighted by molar-refractivity contribution is 0.0933. The number of piperazine rings is 1. The van der Waals surface area contributed by atoms with E-state index in [-0.39, 0.29) is 49.8 Å². The molecule has 0 spiro atoms. The summed E-state index contributed by atoms with van der Waals surface area (Å²) < 4.78 is 40.5. The van der Waals surface area contributed by atoms with Gasteiger partial charge in [-0.15, -0.1) is 6.42 Å². The molecule has 3 aromatic rings. The average Bonchev–Trinajstić information content (AvgIpc) is 3.26. The Morgan fingerprint density at radius 3 is 2.43 bits per heavy atom. The molecular weight excluding hydrogens is 516 g/mol. The minimum Gasteiger partial charge on any atom is -0.495 e. The number of sulfonamides is 1. The van der Waals surface area contributed by atoms with E-state index < -0.39 is 22.0 Å². The fraction of sp³-hybridized carbons (Fsp3) is 0.320. The maximum atomic E-state index is 13.1. The number of methoxy groups -OCH3 is 1. The number of amides is 2. The quantitative estimate of drug-likeness (QED) is 0.443. The van der Waals surface area contributed by atoms with Crippen LogP contribution in [0.5, 0.6) is 5.75 Å². The minimum absolute atomic E-state index is 0.0580. The maximum Gasteiger partial charge on any atom is 0.409 e. The highest BCUT2D eigenvalue weighted by molar-refractivity contribution is 7.89. The Bertz CT molecular complexity index is 1530. The van der Waals surface area contributed by atoms with Gasteiger partial charge in [0.2, 0.25) is 10.0 Å². The van der Waals surface area contributed by atoms with Crippen LogP contribution >= 0.6 is 11.3 Å². The summed E-state index contributed by atoms with van der Waals surface area (Å²) in [6, 6.07) is 11.2. The molecule has 2 amide bonds. The van der Waals surface area contributed by atoms with E-state index in [1.54, 1.807) is 18.6 Å². The molecule has 1 aliphatic rings. The van der Waals surface area contributed by atoms with Gasteiger partial charge in [-0.1, -0.05) is 23.3 Å². The topological polar surface area (TPSA) is 111 Å². The van der Waals surface area contributed by atoms with Crippen molar-refractivity contribution in [3.8, 4) is 18.1 Å². The van der Waals surface area contributed by atoms with Crippen molar-refractivity contribution < 1.29 is 27.5 Å². The van der Waals surface area contributed by atoms with Crippen molar-refractivity contribution in [3.05, 3.63) is 52.8 Å². The predicted octanol–water partition coefficient (Wildman–Crippen LogP) is 2.55. The van der Waals surface area contributed by atoms with Crippen molar-refractivity contribution in [1.82, 2.24) is 13.8 Å². The summed E-state index contributed by atoms with van der Waals surface area (Å²) in [5, 5.41) is 0. The van der Waals surface area contributed by atoms with E-state index in [4.69, 9.17) is 15.9 Å². The molecule has 0 N–H and O–H groups in total. The number of benzene rings is 2. The zero-order valence-corrected chi connectivity index (χ0v) is 22.0. The van der Waals surface area contributed by atoms with Crippen molar-refractivity contribution in [3.63, 3.8) is 0 Å². The highest BCUT2D eigenvalue weighted by atomic mass is 32.2. The molecule has 0 bridgehead atoms. The van der Waals surface area contributed by atoms with Gasteiger partial charge in [0.15, 0.2) is 4.80 Å². The van der Waals surface area contributed by atoms with Crippen LogP contribution in [-0.2, 0) is 21.3 Å². The van der Waals surface area contributed by atoms with Gasteiger partial charge in [0.05, 0.1) is 29.9 Å². The molecule has 0 unspecified atom stereocenters. The Morgan fingerprint density at radius 2 is 1.81 bits per heavy atom. The number of hydrogen-bond donors (Lipinski definition) is 0. The Morgan fingerprint density at radius 1 is 1.11 bits per heavy atom. The summed E-state index contributed by atoms with van der Waals surface area (Å²) in [5.74, 6) is 2.68.